The molecule has 1 aliphatic heterocycles. The molecule has 0 spiro atoms. The lowest BCUT2D eigenvalue weighted by molar-refractivity contribution is 0.102. The Balaban J connectivity index is 1.77. The highest BCUT2D eigenvalue weighted by molar-refractivity contribution is 7.83. The van der Waals surface area contributed by atoms with Crippen LogP contribution in [0.15, 0.2) is 54.6 Å². The summed E-state index contributed by atoms with van der Waals surface area (Å²) in [6.45, 7) is 0. The topological polar surface area (TPSA) is 64.0 Å². The maximum absolute atomic E-state index is 12.6. The maximum Gasteiger partial charge on any atom is 0.256 e. The number of nitrogens with zero attached hydrogens (tertiary/aromatic N) is 2. The van der Waals surface area contributed by atoms with E-state index in [0.717, 1.165) is 16.9 Å². The molecule has 1 atom stereocenters. The highest BCUT2D eigenvalue weighted by Gasteiger charge is 2.28. The molecule has 0 saturated heterocycles. The second kappa shape index (κ2) is 6.46. The minimum Gasteiger partial charge on any atom is -0.306 e. The van der Waals surface area contributed by atoms with Gasteiger partial charge in [0.25, 0.3) is 5.91 Å². The zero-order valence-electron chi connectivity index (χ0n) is 13.1. The van der Waals surface area contributed by atoms with Gasteiger partial charge in [-0.25, -0.2) is 4.68 Å². The van der Waals surface area contributed by atoms with E-state index in [1.807, 2.05) is 30.3 Å². The average molecular weight is 372 g/mol. The van der Waals surface area contributed by atoms with Crippen molar-refractivity contribution in [2.24, 2.45) is 0 Å². The fourth-order valence-corrected chi connectivity index (χ4v) is 4.27. The zero-order valence-corrected chi connectivity index (χ0v) is 14.7. The van der Waals surface area contributed by atoms with Gasteiger partial charge in [0, 0.05) is 26.9 Å². The number of fused-ring (bicyclic) bond motifs is 1. The van der Waals surface area contributed by atoms with E-state index in [2.05, 4.69) is 10.4 Å². The van der Waals surface area contributed by atoms with Crippen LogP contribution in [0.5, 0.6) is 0 Å². The molecule has 1 aromatic heterocycles. The molecule has 2 heterocycles. The smallest absolute Gasteiger partial charge is 0.256 e. The predicted octanol–water partition coefficient (Wildman–Crippen LogP) is 3.54. The first-order chi connectivity index (χ1) is 12.1. The van der Waals surface area contributed by atoms with E-state index in [9.17, 15) is 9.00 Å². The third kappa shape index (κ3) is 3.10. The van der Waals surface area contributed by atoms with E-state index in [1.165, 1.54) is 0 Å². The van der Waals surface area contributed by atoms with Crippen LogP contribution < -0.4 is 5.32 Å². The van der Waals surface area contributed by atoms with Crippen molar-refractivity contribution in [3.8, 4) is 5.69 Å². The summed E-state index contributed by atoms with van der Waals surface area (Å²) in [5, 5.41) is 8.06. The third-order valence-corrected chi connectivity index (χ3v) is 5.43. The van der Waals surface area contributed by atoms with Crippen LogP contribution in [-0.2, 0) is 22.3 Å². The molecule has 25 heavy (non-hydrogen) atoms. The van der Waals surface area contributed by atoms with Crippen molar-refractivity contribution >= 4 is 34.1 Å². The number of carbonyl (C=O) groups excluding carboxylic acids is 1. The Hall–Kier alpha value is -2.44. The summed E-state index contributed by atoms with van der Waals surface area (Å²) in [5.41, 5.74) is 2.87. The lowest BCUT2D eigenvalue weighted by atomic mass is 10.2. The Morgan fingerprint density at radius 1 is 1.12 bits per heavy atom. The summed E-state index contributed by atoms with van der Waals surface area (Å²) in [7, 11) is -0.980. The first kappa shape index (κ1) is 16.1. The van der Waals surface area contributed by atoms with Gasteiger partial charge in [-0.05, 0) is 30.3 Å². The molecule has 4 rings (SSSR count). The fourth-order valence-electron chi connectivity index (χ4n) is 2.82. The van der Waals surface area contributed by atoms with Gasteiger partial charge in [-0.15, -0.1) is 0 Å². The van der Waals surface area contributed by atoms with Crippen molar-refractivity contribution in [1.82, 2.24) is 9.78 Å². The van der Waals surface area contributed by atoms with Gasteiger partial charge in [0.1, 0.15) is 5.82 Å². The summed E-state index contributed by atoms with van der Waals surface area (Å²) >= 11 is 6.09. The van der Waals surface area contributed by atoms with Gasteiger partial charge in [0.2, 0.25) is 0 Å². The van der Waals surface area contributed by atoms with E-state index >= 15 is 0 Å². The minimum absolute atomic E-state index is 0.232. The van der Waals surface area contributed by atoms with Gasteiger partial charge in [-0.3, -0.25) is 9.00 Å². The van der Waals surface area contributed by atoms with Crippen molar-refractivity contribution in [1.29, 1.82) is 0 Å². The fraction of sp³-hybridized carbons (Fsp3) is 0.111. The van der Waals surface area contributed by atoms with Gasteiger partial charge in [0.05, 0.1) is 22.9 Å². The van der Waals surface area contributed by atoms with E-state index in [-0.39, 0.29) is 5.91 Å². The molecule has 0 aliphatic carbocycles. The molecule has 5 nitrogen and oxygen atoms in total. The number of halogens is 1. The molecule has 1 amide bonds. The summed E-state index contributed by atoms with van der Waals surface area (Å²) < 4.78 is 13.6. The Morgan fingerprint density at radius 3 is 2.68 bits per heavy atom. The van der Waals surface area contributed by atoms with Gasteiger partial charge < -0.3 is 5.32 Å². The monoisotopic (exact) mass is 371 g/mol. The molecule has 1 unspecified atom stereocenters. The summed E-state index contributed by atoms with van der Waals surface area (Å²) in [5.74, 6) is 1.11. The van der Waals surface area contributed by atoms with Crippen molar-refractivity contribution < 1.29 is 9.00 Å². The summed E-state index contributed by atoms with van der Waals surface area (Å²) in [4.78, 5) is 12.6. The normalized spacial score (nSPS) is 15.8. The Labute approximate surface area is 152 Å². The summed E-state index contributed by atoms with van der Waals surface area (Å²) in [6, 6.07) is 16.2. The quantitative estimate of drug-likeness (QED) is 0.765. The standard InChI is InChI=1S/C18H14ClN3O2S/c19-13-7-4-8-14(9-13)22-17(15-10-25(24)11-16(15)21-22)20-18(23)12-5-2-1-3-6-12/h1-9H,10-11H2,(H,20,23). The molecule has 126 valence electrons. The SMILES string of the molecule is O=C(Nc1c2c(nn1-c1cccc(Cl)c1)CS(=O)C2)c1ccccc1. The Kier molecular flexibility index (Phi) is 4.15. The molecular weight excluding hydrogens is 358 g/mol. The highest BCUT2D eigenvalue weighted by atomic mass is 35.5. The Bertz CT molecular complexity index is 985. The highest BCUT2D eigenvalue weighted by Crippen LogP contribution is 2.32. The molecule has 7 heteroatoms. The maximum atomic E-state index is 12.6. The van der Waals surface area contributed by atoms with Gasteiger partial charge in [-0.2, -0.15) is 5.10 Å². The van der Waals surface area contributed by atoms with Crippen molar-refractivity contribution in [2.75, 3.05) is 5.32 Å². The van der Waals surface area contributed by atoms with Crippen LogP contribution in [0.3, 0.4) is 0 Å². The molecule has 0 saturated carbocycles. The minimum atomic E-state index is -0.980. The number of benzene rings is 2. The zero-order chi connectivity index (χ0) is 17.4. The van der Waals surface area contributed by atoms with Gasteiger partial charge in [-0.1, -0.05) is 35.9 Å². The number of amides is 1. The second-order valence-corrected chi connectivity index (χ2v) is 7.61. The van der Waals surface area contributed by atoms with Crippen molar-refractivity contribution in [3.63, 3.8) is 0 Å². The first-order valence-electron chi connectivity index (χ1n) is 7.70. The number of carbonyl (C=O) groups is 1. The molecular formula is C18H14ClN3O2S. The lowest BCUT2D eigenvalue weighted by Crippen LogP contribution is -2.16. The van der Waals surface area contributed by atoms with Crippen LogP contribution in [0, 0.1) is 0 Å². The van der Waals surface area contributed by atoms with E-state index in [0.29, 0.717) is 27.9 Å². The van der Waals surface area contributed by atoms with Crippen LogP contribution >= 0.6 is 11.6 Å². The first-order valence-corrected chi connectivity index (χ1v) is 9.56. The second-order valence-electron chi connectivity index (χ2n) is 5.71. The van der Waals surface area contributed by atoms with Crippen LogP contribution in [0.4, 0.5) is 5.82 Å². The number of aromatic nitrogens is 2. The lowest BCUT2D eigenvalue weighted by Gasteiger charge is -2.11. The molecule has 0 fully saturated rings. The molecule has 2 aromatic carbocycles. The van der Waals surface area contributed by atoms with Crippen molar-refractivity contribution in [2.45, 2.75) is 11.5 Å². The van der Waals surface area contributed by atoms with Crippen LogP contribution in [-0.4, -0.2) is 19.9 Å². The number of nitrogens with one attached hydrogen (secondary N) is 1. The molecule has 3 aromatic rings. The third-order valence-electron chi connectivity index (χ3n) is 3.99. The number of hydrogen-bond donors (Lipinski definition) is 1. The number of rotatable bonds is 3. The molecule has 0 bridgehead atoms. The molecule has 1 aliphatic rings. The van der Waals surface area contributed by atoms with Crippen LogP contribution in [0.2, 0.25) is 5.02 Å². The predicted molar refractivity (Wildman–Crippen MR) is 98.5 cm³/mol. The summed E-state index contributed by atoms with van der Waals surface area (Å²) in [6.07, 6.45) is 0. The molecule has 1 N–H and O–H groups in total. The number of hydrogen-bond acceptors (Lipinski definition) is 3. The largest absolute Gasteiger partial charge is 0.306 e. The van der Waals surface area contributed by atoms with E-state index < -0.39 is 10.8 Å². The van der Waals surface area contributed by atoms with Crippen molar-refractivity contribution in [3.05, 3.63) is 76.4 Å². The van der Waals surface area contributed by atoms with Crippen LogP contribution in [0.1, 0.15) is 21.6 Å². The van der Waals surface area contributed by atoms with Crippen LogP contribution in [0.25, 0.3) is 5.69 Å². The van der Waals surface area contributed by atoms with E-state index in [4.69, 9.17) is 11.6 Å². The number of anilines is 1. The van der Waals surface area contributed by atoms with E-state index in [1.54, 1.807) is 28.9 Å². The molecule has 0 radical (unpaired) electrons. The van der Waals surface area contributed by atoms with Gasteiger partial charge in [0.15, 0.2) is 0 Å². The Morgan fingerprint density at radius 2 is 1.92 bits per heavy atom. The average Bonchev–Trinajstić information content (AvgIpc) is 3.13. The van der Waals surface area contributed by atoms with Gasteiger partial charge >= 0.3 is 0 Å².